The van der Waals surface area contributed by atoms with Crippen LogP contribution in [0.3, 0.4) is 0 Å². The maximum atomic E-state index is 12.2. The number of rotatable bonds is 9. The van der Waals surface area contributed by atoms with Crippen molar-refractivity contribution in [1.82, 2.24) is 25.2 Å². The molecular formula is C26H36N8O2. The Kier molecular flexibility index (Phi) is 7.31. The molecule has 0 spiro atoms. The van der Waals surface area contributed by atoms with Gasteiger partial charge in [0, 0.05) is 49.4 Å². The number of aromatic nitrogens is 3. The molecule has 2 N–H and O–H groups in total. The number of nitrogens with one attached hydrogen (secondary N) is 2. The predicted octanol–water partition coefficient (Wildman–Crippen LogP) is 2.34. The lowest BCUT2D eigenvalue weighted by Crippen LogP contribution is -2.34. The molecule has 2 amide bonds. The molecule has 1 aliphatic carbocycles. The molecule has 0 aromatic carbocycles. The number of carbonyl (C=O) groups is 2. The Morgan fingerprint density at radius 2 is 1.94 bits per heavy atom. The monoisotopic (exact) mass is 492 g/mol. The van der Waals surface area contributed by atoms with Crippen LogP contribution in [0.25, 0.3) is 0 Å². The summed E-state index contributed by atoms with van der Waals surface area (Å²) in [5.74, 6) is 1.58. The highest BCUT2D eigenvalue weighted by atomic mass is 16.2. The fraction of sp³-hybridized carbons (Fsp3) is 0.577. The lowest BCUT2D eigenvalue weighted by molar-refractivity contribution is -0.122. The standard InChI is InChI=1S/C26H36N8O2/c1-32(2)22-10-12-33(16-22)21-7-8-23(28-15-21)30-26-29-14-19(13-18-9-11-27-25(18)36)24(31-26)34(17-35)20-5-3-4-6-20/h7-8,14-15,17-18,20,22H,3-6,9-13,16H2,1-2H3,(H,27,36)(H,28,29,30,31). The Bertz CT molecular complexity index is 1070. The van der Waals surface area contributed by atoms with Gasteiger partial charge >= 0.3 is 0 Å². The molecule has 2 atom stereocenters. The first-order valence-electron chi connectivity index (χ1n) is 13.0. The van der Waals surface area contributed by atoms with Gasteiger partial charge in [-0.05, 0) is 58.3 Å². The van der Waals surface area contributed by atoms with Gasteiger partial charge in [0.2, 0.25) is 18.3 Å². The minimum atomic E-state index is -0.116. The van der Waals surface area contributed by atoms with Gasteiger partial charge in [0.05, 0.1) is 11.9 Å². The van der Waals surface area contributed by atoms with Crippen LogP contribution < -0.4 is 20.4 Å². The van der Waals surface area contributed by atoms with Gasteiger partial charge in [0.1, 0.15) is 11.6 Å². The molecule has 0 bridgehead atoms. The number of anilines is 4. The SMILES string of the molecule is CN(C)C1CCN(c2ccc(Nc3ncc(CC4CCNC4=O)c(N(C=O)C4CCCC4)n3)nc2)C1. The van der Waals surface area contributed by atoms with Crippen LogP contribution in [0.15, 0.2) is 24.5 Å². The molecule has 192 valence electrons. The molecule has 10 nitrogen and oxygen atoms in total. The first-order valence-corrected chi connectivity index (χ1v) is 13.0. The molecule has 5 rings (SSSR count). The third kappa shape index (κ3) is 5.28. The minimum Gasteiger partial charge on any atom is -0.369 e. The van der Waals surface area contributed by atoms with Crippen molar-refractivity contribution in [3.05, 3.63) is 30.1 Å². The van der Waals surface area contributed by atoms with E-state index in [1.165, 1.54) is 0 Å². The lowest BCUT2D eigenvalue weighted by Gasteiger charge is -2.26. The second kappa shape index (κ2) is 10.8. The molecule has 2 aliphatic heterocycles. The fourth-order valence-electron chi connectivity index (χ4n) is 5.58. The largest absolute Gasteiger partial charge is 0.369 e. The number of amides is 2. The Labute approximate surface area is 212 Å². The van der Waals surface area contributed by atoms with E-state index in [2.05, 4.69) is 50.6 Å². The molecule has 36 heavy (non-hydrogen) atoms. The zero-order chi connectivity index (χ0) is 25.1. The molecule has 2 aromatic heterocycles. The number of carbonyl (C=O) groups excluding carboxylic acids is 2. The summed E-state index contributed by atoms with van der Waals surface area (Å²) in [7, 11) is 4.25. The van der Waals surface area contributed by atoms with Gasteiger partial charge in [0.25, 0.3) is 0 Å². The molecule has 3 fully saturated rings. The highest BCUT2D eigenvalue weighted by Crippen LogP contribution is 2.31. The molecule has 2 unspecified atom stereocenters. The van der Waals surface area contributed by atoms with E-state index in [1.807, 2.05) is 12.3 Å². The summed E-state index contributed by atoms with van der Waals surface area (Å²) in [5, 5.41) is 6.10. The van der Waals surface area contributed by atoms with Crippen LogP contribution in [0.1, 0.15) is 44.1 Å². The van der Waals surface area contributed by atoms with Crippen LogP contribution in [0.4, 0.5) is 23.3 Å². The van der Waals surface area contributed by atoms with Gasteiger partial charge in [-0.1, -0.05) is 12.8 Å². The molecule has 4 heterocycles. The number of nitrogens with zero attached hydrogens (tertiary/aromatic N) is 6. The van der Waals surface area contributed by atoms with E-state index in [9.17, 15) is 9.59 Å². The van der Waals surface area contributed by atoms with Crippen LogP contribution in [0.2, 0.25) is 0 Å². The summed E-state index contributed by atoms with van der Waals surface area (Å²) < 4.78 is 0. The van der Waals surface area contributed by atoms with Crippen LogP contribution in [-0.2, 0) is 16.0 Å². The number of hydrogen-bond donors (Lipinski definition) is 2. The Morgan fingerprint density at radius 3 is 2.58 bits per heavy atom. The normalized spacial score (nSPS) is 22.3. The van der Waals surface area contributed by atoms with Crippen molar-refractivity contribution in [3.8, 4) is 0 Å². The number of pyridine rings is 1. The maximum absolute atomic E-state index is 12.2. The van der Waals surface area contributed by atoms with Crippen LogP contribution >= 0.6 is 0 Å². The van der Waals surface area contributed by atoms with Crippen LogP contribution in [-0.4, -0.2) is 78.0 Å². The van der Waals surface area contributed by atoms with Crippen LogP contribution in [0, 0.1) is 5.92 Å². The van der Waals surface area contributed by atoms with Crippen molar-refractivity contribution >= 4 is 35.6 Å². The molecule has 2 aromatic rings. The van der Waals surface area contributed by atoms with Gasteiger partial charge in [-0.25, -0.2) is 9.97 Å². The van der Waals surface area contributed by atoms with E-state index in [0.29, 0.717) is 36.6 Å². The summed E-state index contributed by atoms with van der Waals surface area (Å²) in [5.41, 5.74) is 1.93. The molecule has 3 aliphatic rings. The molecular weight excluding hydrogens is 456 g/mol. The van der Waals surface area contributed by atoms with E-state index in [-0.39, 0.29) is 17.9 Å². The molecule has 2 saturated heterocycles. The van der Waals surface area contributed by atoms with Crippen molar-refractivity contribution in [3.63, 3.8) is 0 Å². The smallest absolute Gasteiger partial charge is 0.230 e. The minimum absolute atomic E-state index is 0.0564. The zero-order valence-electron chi connectivity index (χ0n) is 21.2. The topological polar surface area (TPSA) is 107 Å². The third-order valence-electron chi connectivity index (χ3n) is 7.79. The Balaban J connectivity index is 1.34. The summed E-state index contributed by atoms with van der Waals surface area (Å²) in [4.78, 5) is 44.6. The van der Waals surface area contributed by atoms with Crippen molar-refractivity contribution in [1.29, 1.82) is 0 Å². The van der Waals surface area contributed by atoms with Crippen molar-refractivity contribution in [2.75, 3.05) is 48.8 Å². The average Bonchev–Trinajstić information content (AvgIpc) is 3.65. The van der Waals surface area contributed by atoms with E-state index < -0.39 is 0 Å². The van der Waals surface area contributed by atoms with Crippen LogP contribution in [0.5, 0.6) is 0 Å². The summed E-state index contributed by atoms with van der Waals surface area (Å²) in [6.07, 6.45) is 11.1. The van der Waals surface area contributed by atoms with E-state index in [4.69, 9.17) is 4.98 Å². The Hall–Kier alpha value is -3.27. The quantitative estimate of drug-likeness (QED) is 0.514. The molecule has 1 saturated carbocycles. The van der Waals surface area contributed by atoms with E-state index in [1.54, 1.807) is 11.1 Å². The first-order chi connectivity index (χ1) is 17.5. The predicted molar refractivity (Wildman–Crippen MR) is 139 cm³/mol. The fourth-order valence-corrected chi connectivity index (χ4v) is 5.58. The average molecular weight is 493 g/mol. The highest BCUT2D eigenvalue weighted by molar-refractivity contribution is 5.82. The van der Waals surface area contributed by atoms with Gasteiger partial charge in [-0.2, -0.15) is 4.98 Å². The second-order valence-electron chi connectivity index (χ2n) is 10.4. The van der Waals surface area contributed by atoms with Crippen molar-refractivity contribution < 1.29 is 9.59 Å². The van der Waals surface area contributed by atoms with E-state index in [0.717, 1.165) is 69.3 Å². The summed E-state index contributed by atoms with van der Waals surface area (Å²) in [6, 6.07) is 4.69. The van der Waals surface area contributed by atoms with Crippen molar-refractivity contribution in [2.45, 2.75) is 57.0 Å². The van der Waals surface area contributed by atoms with E-state index >= 15 is 0 Å². The summed E-state index contributed by atoms with van der Waals surface area (Å²) in [6.45, 7) is 2.71. The number of likely N-dealkylation sites (N-methyl/N-ethyl adjacent to an activating group) is 1. The highest BCUT2D eigenvalue weighted by Gasteiger charge is 2.30. The second-order valence-corrected chi connectivity index (χ2v) is 10.4. The Morgan fingerprint density at radius 1 is 1.11 bits per heavy atom. The van der Waals surface area contributed by atoms with Gasteiger partial charge in [0.15, 0.2) is 0 Å². The lowest BCUT2D eigenvalue weighted by atomic mass is 9.99. The van der Waals surface area contributed by atoms with Crippen molar-refractivity contribution in [2.24, 2.45) is 5.92 Å². The van der Waals surface area contributed by atoms with Gasteiger partial charge in [-0.3, -0.25) is 14.5 Å². The van der Waals surface area contributed by atoms with Gasteiger partial charge in [-0.15, -0.1) is 0 Å². The maximum Gasteiger partial charge on any atom is 0.230 e. The summed E-state index contributed by atoms with van der Waals surface area (Å²) >= 11 is 0. The number of hydrogen-bond acceptors (Lipinski definition) is 8. The first kappa shape index (κ1) is 24.4. The molecule has 0 radical (unpaired) electrons. The zero-order valence-corrected chi connectivity index (χ0v) is 21.2. The molecule has 10 heteroatoms. The van der Waals surface area contributed by atoms with Gasteiger partial charge < -0.3 is 20.4 Å². The third-order valence-corrected chi connectivity index (χ3v) is 7.79.